The number of likely N-dealkylation sites (N-methyl/N-ethyl adjacent to an activating group) is 1. The normalized spacial score (nSPS) is 30.2. The fourth-order valence-electron chi connectivity index (χ4n) is 3.13. The highest BCUT2D eigenvalue weighted by atomic mass is 19.1. The lowest BCUT2D eigenvalue weighted by atomic mass is 9.81. The summed E-state index contributed by atoms with van der Waals surface area (Å²) < 4.78 is 31.9. The maximum Gasteiger partial charge on any atom is 0.226 e. The highest BCUT2D eigenvalue weighted by molar-refractivity contribution is 5.97. The molecule has 108 valence electrons. The molecule has 0 radical (unpaired) electrons. The van der Waals surface area contributed by atoms with Crippen LogP contribution in [0.1, 0.15) is 23.2 Å². The number of halogens is 2. The Kier molecular flexibility index (Phi) is 3.52. The number of piperidine rings is 1. The van der Waals surface area contributed by atoms with Gasteiger partial charge in [-0.2, -0.15) is 13.8 Å². The van der Waals surface area contributed by atoms with Crippen molar-refractivity contribution in [3.8, 4) is 0 Å². The lowest BCUT2D eigenvalue weighted by Crippen LogP contribution is -2.55. The van der Waals surface area contributed by atoms with Crippen LogP contribution in [-0.4, -0.2) is 48.0 Å². The van der Waals surface area contributed by atoms with Crippen LogP contribution >= 0.6 is 0 Å². The quantitative estimate of drug-likeness (QED) is 0.611. The molecule has 2 atom stereocenters. The molecule has 1 aromatic rings. The van der Waals surface area contributed by atoms with Crippen LogP contribution in [0.15, 0.2) is 12.1 Å². The van der Waals surface area contributed by atoms with E-state index in [1.165, 1.54) is 6.07 Å². The minimum Gasteiger partial charge on any atom is -0.378 e. The maximum atomic E-state index is 13.6. The number of pyridine rings is 1. The number of carbonyl (C=O) groups excluding carboxylic acids is 1. The number of fused-ring (bicyclic) bond motifs is 2. The summed E-state index contributed by atoms with van der Waals surface area (Å²) >= 11 is 0. The number of ether oxygens (including phenoxy) is 1. The van der Waals surface area contributed by atoms with Gasteiger partial charge in [0.15, 0.2) is 5.78 Å². The first kappa shape index (κ1) is 13.6. The molecule has 0 amide bonds. The second-order valence-corrected chi connectivity index (χ2v) is 5.52. The van der Waals surface area contributed by atoms with Gasteiger partial charge in [-0.1, -0.05) is 0 Å². The van der Waals surface area contributed by atoms with Gasteiger partial charge in [0.1, 0.15) is 0 Å². The zero-order chi connectivity index (χ0) is 14.3. The molecule has 2 aliphatic heterocycles. The highest BCUT2D eigenvalue weighted by Crippen LogP contribution is 2.32. The molecule has 0 saturated carbocycles. The van der Waals surface area contributed by atoms with Crippen molar-refractivity contribution in [3.05, 3.63) is 29.6 Å². The largest absolute Gasteiger partial charge is 0.378 e. The molecule has 0 aliphatic carbocycles. The van der Waals surface area contributed by atoms with E-state index < -0.39 is 11.9 Å². The maximum absolute atomic E-state index is 13.6. The molecule has 2 aliphatic rings. The van der Waals surface area contributed by atoms with Crippen molar-refractivity contribution in [2.24, 2.45) is 5.92 Å². The van der Waals surface area contributed by atoms with Crippen LogP contribution in [0.2, 0.25) is 0 Å². The van der Waals surface area contributed by atoms with Crippen molar-refractivity contribution in [3.63, 3.8) is 0 Å². The number of carbonyl (C=O) groups is 1. The summed E-state index contributed by atoms with van der Waals surface area (Å²) in [5.74, 6) is -2.45. The van der Waals surface area contributed by atoms with Gasteiger partial charge in [0.05, 0.1) is 18.8 Å². The monoisotopic (exact) mass is 282 g/mol. The molecule has 4 nitrogen and oxygen atoms in total. The lowest BCUT2D eigenvalue weighted by molar-refractivity contribution is -0.0703. The lowest BCUT2D eigenvalue weighted by Gasteiger charge is -2.46. The molecule has 0 N–H and O–H groups in total. The standard InChI is InChI=1S/C14H16F2N2O2/c1-18-9-4-8(5-10(18)7-20-6-9)13(19)11-2-3-12(15)17-14(11)16/h2-3,8-10H,4-7H2,1H3. The zero-order valence-electron chi connectivity index (χ0n) is 11.2. The fourth-order valence-corrected chi connectivity index (χ4v) is 3.13. The highest BCUT2D eigenvalue weighted by Gasteiger charge is 2.40. The van der Waals surface area contributed by atoms with Crippen LogP contribution in [0.25, 0.3) is 0 Å². The molecule has 3 rings (SSSR count). The van der Waals surface area contributed by atoms with Gasteiger partial charge < -0.3 is 4.74 Å². The Hall–Kier alpha value is -1.40. The molecular weight excluding hydrogens is 266 g/mol. The van der Waals surface area contributed by atoms with Crippen molar-refractivity contribution in [2.45, 2.75) is 24.9 Å². The zero-order valence-corrected chi connectivity index (χ0v) is 11.2. The first-order valence-corrected chi connectivity index (χ1v) is 6.72. The summed E-state index contributed by atoms with van der Waals surface area (Å²) in [6, 6.07) is 2.58. The summed E-state index contributed by atoms with van der Waals surface area (Å²) in [6.45, 7) is 1.20. The van der Waals surface area contributed by atoms with Gasteiger partial charge in [0, 0.05) is 18.0 Å². The number of ketones is 1. The molecule has 6 heteroatoms. The van der Waals surface area contributed by atoms with Crippen LogP contribution in [0, 0.1) is 17.8 Å². The van der Waals surface area contributed by atoms with Crippen LogP contribution in [0.3, 0.4) is 0 Å². The van der Waals surface area contributed by atoms with Gasteiger partial charge in [-0.3, -0.25) is 9.69 Å². The predicted molar refractivity (Wildman–Crippen MR) is 67.4 cm³/mol. The van der Waals surface area contributed by atoms with Gasteiger partial charge in [0.25, 0.3) is 0 Å². The molecule has 20 heavy (non-hydrogen) atoms. The van der Waals surface area contributed by atoms with E-state index in [1.54, 1.807) is 0 Å². The molecule has 2 fully saturated rings. The van der Waals surface area contributed by atoms with E-state index in [0.29, 0.717) is 26.1 Å². The van der Waals surface area contributed by atoms with Gasteiger partial charge in [-0.15, -0.1) is 0 Å². The number of nitrogens with zero attached hydrogens (tertiary/aromatic N) is 2. The fraction of sp³-hybridized carbons (Fsp3) is 0.571. The summed E-state index contributed by atoms with van der Waals surface area (Å²) in [5, 5.41) is 0. The number of aromatic nitrogens is 1. The summed E-state index contributed by atoms with van der Waals surface area (Å²) in [4.78, 5) is 17.7. The Balaban J connectivity index is 1.81. The van der Waals surface area contributed by atoms with E-state index in [4.69, 9.17) is 4.74 Å². The molecule has 3 heterocycles. The second kappa shape index (κ2) is 5.18. The van der Waals surface area contributed by atoms with E-state index in [0.717, 1.165) is 6.07 Å². The van der Waals surface area contributed by atoms with Gasteiger partial charge in [-0.05, 0) is 32.0 Å². The van der Waals surface area contributed by atoms with Crippen molar-refractivity contribution >= 4 is 5.78 Å². The first-order chi connectivity index (χ1) is 9.56. The van der Waals surface area contributed by atoms with Gasteiger partial charge in [0.2, 0.25) is 11.9 Å². The van der Waals surface area contributed by atoms with E-state index >= 15 is 0 Å². The number of hydrogen-bond donors (Lipinski definition) is 0. The number of rotatable bonds is 2. The minimum atomic E-state index is -1.02. The Bertz CT molecular complexity index is 524. The Morgan fingerprint density at radius 1 is 1.30 bits per heavy atom. The molecule has 2 saturated heterocycles. The Morgan fingerprint density at radius 3 is 2.55 bits per heavy atom. The van der Waals surface area contributed by atoms with Gasteiger partial charge in [-0.25, -0.2) is 0 Å². The van der Waals surface area contributed by atoms with Gasteiger partial charge >= 0.3 is 0 Å². The molecular formula is C14H16F2N2O2. The minimum absolute atomic E-state index is 0.111. The second-order valence-electron chi connectivity index (χ2n) is 5.52. The van der Waals surface area contributed by atoms with Crippen molar-refractivity contribution in [2.75, 3.05) is 20.3 Å². The first-order valence-electron chi connectivity index (χ1n) is 6.72. The van der Waals surface area contributed by atoms with Crippen LogP contribution in [0.5, 0.6) is 0 Å². The van der Waals surface area contributed by atoms with E-state index in [1.807, 2.05) is 7.05 Å². The third kappa shape index (κ3) is 2.33. The molecule has 2 unspecified atom stereocenters. The molecule has 0 spiro atoms. The van der Waals surface area contributed by atoms with E-state index in [2.05, 4.69) is 9.88 Å². The smallest absolute Gasteiger partial charge is 0.226 e. The topological polar surface area (TPSA) is 42.4 Å². The third-order valence-electron chi connectivity index (χ3n) is 4.34. The average Bonchev–Trinajstić information content (AvgIpc) is 2.37. The number of morpholine rings is 1. The van der Waals surface area contributed by atoms with E-state index in [9.17, 15) is 13.6 Å². The van der Waals surface area contributed by atoms with Crippen LogP contribution < -0.4 is 0 Å². The number of Topliss-reactive ketones (excluding diaryl/α,β-unsaturated/α-hetero) is 1. The Morgan fingerprint density at radius 2 is 1.95 bits per heavy atom. The summed E-state index contributed by atoms with van der Waals surface area (Å²) in [6.07, 6.45) is 1.28. The van der Waals surface area contributed by atoms with Crippen LogP contribution in [0.4, 0.5) is 8.78 Å². The summed E-state index contributed by atoms with van der Waals surface area (Å²) in [5.41, 5.74) is -0.111. The summed E-state index contributed by atoms with van der Waals surface area (Å²) in [7, 11) is 2.03. The van der Waals surface area contributed by atoms with E-state index in [-0.39, 0.29) is 29.3 Å². The Labute approximate surface area is 115 Å². The molecule has 2 bridgehead atoms. The van der Waals surface area contributed by atoms with Crippen molar-refractivity contribution in [1.82, 2.24) is 9.88 Å². The third-order valence-corrected chi connectivity index (χ3v) is 4.34. The molecule has 0 aromatic carbocycles. The molecule has 1 aromatic heterocycles. The number of hydrogen-bond acceptors (Lipinski definition) is 4. The predicted octanol–water partition coefficient (Wildman–Crippen LogP) is 1.65. The van der Waals surface area contributed by atoms with Crippen molar-refractivity contribution in [1.29, 1.82) is 0 Å². The van der Waals surface area contributed by atoms with Crippen LogP contribution in [-0.2, 0) is 4.74 Å². The SMILES string of the molecule is CN1C2COCC1CC(C(=O)c1ccc(F)nc1F)C2. The average molecular weight is 282 g/mol. The van der Waals surface area contributed by atoms with Crippen molar-refractivity contribution < 1.29 is 18.3 Å².